The van der Waals surface area contributed by atoms with Crippen LogP contribution in [0, 0.1) is 18.2 Å². The van der Waals surface area contributed by atoms with Gasteiger partial charge in [-0.2, -0.15) is 18.3 Å². The van der Waals surface area contributed by atoms with Crippen LogP contribution in [0.2, 0.25) is 0 Å². The lowest BCUT2D eigenvalue weighted by Crippen LogP contribution is -2.54. The highest BCUT2D eigenvalue weighted by molar-refractivity contribution is 5.94. The summed E-state index contributed by atoms with van der Waals surface area (Å²) < 4.78 is 58.0. The van der Waals surface area contributed by atoms with Gasteiger partial charge in [-0.15, -0.1) is 0 Å². The molecule has 6 nitrogen and oxygen atoms in total. The van der Waals surface area contributed by atoms with Gasteiger partial charge in [-0.1, -0.05) is 37.3 Å². The number of aromatic nitrogens is 2. The molecule has 1 aromatic heterocycles. The van der Waals surface area contributed by atoms with Gasteiger partial charge in [0.15, 0.2) is 0 Å². The molecule has 212 valence electrons. The number of hydrogen-bond acceptors (Lipinski definition) is 3. The van der Waals surface area contributed by atoms with Crippen molar-refractivity contribution in [3.8, 4) is 0 Å². The number of carbonyl (C=O) groups is 1. The number of alkyl halides is 3. The van der Waals surface area contributed by atoms with E-state index in [1.807, 2.05) is 28.8 Å². The monoisotopic (exact) mass is 555 g/mol. The molecule has 0 atom stereocenters. The minimum absolute atomic E-state index is 0.0444. The number of urea groups is 1. The zero-order valence-corrected chi connectivity index (χ0v) is 22.7. The van der Waals surface area contributed by atoms with Gasteiger partial charge < -0.3 is 9.80 Å². The van der Waals surface area contributed by atoms with Crippen molar-refractivity contribution in [3.63, 3.8) is 0 Å². The number of aryl methyl sites for hydroxylation is 1. The highest BCUT2D eigenvalue weighted by Crippen LogP contribution is 2.47. The van der Waals surface area contributed by atoms with E-state index in [1.54, 1.807) is 17.0 Å². The zero-order chi connectivity index (χ0) is 28.2. The normalized spacial score (nSPS) is 19.2. The average Bonchev–Trinajstić information content (AvgIpc) is 3.49. The molecule has 0 unspecified atom stereocenters. The molecule has 0 spiro atoms. The molecule has 40 heavy (non-hydrogen) atoms. The molecule has 2 aromatic carbocycles. The van der Waals surface area contributed by atoms with Gasteiger partial charge in [0.2, 0.25) is 0 Å². The predicted molar refractivity (Wildman–Crippen MR) is 145 cm³/mol. The zero-order valence-electron chi connectivity index (χ0n) is 22.7. The van der Waals surface area contributed by atoms with Gasteiger partial charge in [-0.25, -0.2) is 9.18 Å². The third kappa shape index (κ3) is 5.04. The summed E-state index contributed by atoms with van der Waals surface area (Å²) in [5, 5.41) is 4.80. The summed E-state index contributed by atoms with van der Waals surface area (Å²) in [7, 11) is 0. The van der Waals surface area contributed by atoms with Crippen LogP contribution in [0.4, 0.5) is 33.7 Å². The van der Waals surface area contributed by atoms with Crippen LogP contribution in [0.3, 0.4) is 0 Å². The van der Waals surface area contributed by atoms with Crippen molar-refractivity contribution in [2.75, 3.05) is 22.9 Å². The summed E-state index contributed by atoms with van der Waals surface area (Å²) in [5.41, 5.74) is 2.19. The van der Waals surface area contributed by atoms with Crippen LogP contribution in [0.25, 0.3) is 0 Å². The van der Waals surface area contributed by atoms with Crippen LogP contribution >= 0.6 is 0 Å². The molecule has 1 saturated carbocycles. The van der Waals surface area contributed by atoms with E-state index in [0.717, 1.165) is 24.5 Å². The number of piperidine rings is 1. The molecule has 2 aliphatic heterocycles. The minimum Gasteiger partial charge on any atom is -0.369 e. The molecule has 0 N–H and O–H groups in total. The second kappa shape index (κ2) is 9.82. The molecule has 10 heteroatoms. The number of fused-ring (bicyclic) bond motifs is 1. The maximum absolute atomic E-state index is 14.6. The van der Waals surface area contributed by atoms with E-state index in [9.17, 15) is 22.4 Å². The Bertz CT molecular complexity index is 1400. The molecule has 3 aromatic rings. The van der Waals surface area contributed by atoms with Crippen molar-refractivity contribution in [2.45, 2.75) is 71.4 Å². The summed E-state index contributed by atoms with van der Waals surface area (Å²) in [6, 6.07) is 10.0. The molecule has 1 aliphatic carbocycles. The van der Waals surface area contributed by atoms with Gasteiger partial charge in [-0.3, -0.25) is 9.58 Å². The third-order valence-electron chi connectivity index (χ3n) is 8.61. The Morgan fingerprint density at radius 1 is 1.05 bits per heavy atom. The van der Waals surface area contributed by atoms with Crippen LogP contribution in [0.15, 0.2) is 48.7 Å². The lowest BCUT2D eigenvalue weighted by atomic mass is 10.00. The number of hydrogen-bond donors (Lipinski definition) is 0. The van der Waals surface area contributed by atoms with E-state index >= 15 is 0 Å². The van der Waals surface area contributed by atoms with Crippen LogP contribution in [-0.2, 0) is 25.8 Å². The highest BCUT2D eigenvalue weighted by atomic mass is 19.4. The van der Waals surface area contributed by atoms with E-state index in [4.69, 9.17) is 5.10 Å². The van der Waals surface area contributed by atoms with E-state index in [-0.39, 0.29) is 35.4 Å². The average molecular weight is 556 g/mol. The number of para-hydroxylation sites is 1. The van der Waals surface area contributed by atoms with Crippen molar-refractivity contribution in [1.29, 1.82) is 0 Å². The fourth-order valence-electron chi connectivity index (χ4n) is 6.09. The Kier molecular flexibility index (Phi) is 6.54. The summed E-state index contributed by atoms with van der Waals surface area (Å²) in [6.45, 7) is 6.04. The predicted octanol–water partition coefficient (Wildman–Crippen LogP) is 6.76. The maximum atomic E-state index is 14.6. The van der Waals surface area contributed by atoms with E-state index in [1.165, 1.54) is 23.1 Å². The minimum atomic E-state index is -4.53. The van der Waals surface area contributed by atoms with Crippen molar-refractivity contribution >= 4 is 17.4 Å². The van der Waals surface area contributed by atoms with Crippen molar-refractivity contribution in [2.24, 2.45) is 5.41 Å². The molecule has 0 bridgehead atoms. The number of anilines is 2. The van der Waals surface area contributed by atoms with Crippen molar-refractivity contribution in [3.05, 3.63) is 76.9 Å². The molecular formula is C30H33F4N5O. The number of amides is 2. The Hall–Kier alpha value is -3.56. The second-order valence-corrected chi connectivity index (χ2v) is 11.7. The summed E-state index contributed by atoms with van der Waals surface area (Å²) in [5.74, 6) is -0.262. The SMILES string of the molecule is Cc1cccc(F)c1N1CCC(N2Cc3nn(CC4(C)CC4)cc3N(Cc3ccccc3C(F)(F)F)C2=O)CC1. The van der Waals surface area contributed by atoms with Gasteiger partial charge in [0, 0.05) is 31.9 Å². The van der Waals surface area contributed by atoms with Gasteiger partial charge >= 0.3 is 12.2 Å². The molecule has 0 radical (unpaired) electrons. The first-order valence-electron chi connectivity index (χ1n) is 13.8. The first-order valence-corrected chi connectivity index (χ1v) is 13.8. The molecule has 2 amide bonds. The summed E-state index contributed by atoms with van der Waals surface area (Å²) >= 11 is 0. The second-order valence-electron chi connectivity index (χ2n) is 11.7. The fraction of sp³-hybridized carbons (Fsp3) is 0.467. The van der Waals surface area contributed by atoms with Gasteiger partial charge in [-0.05, 0) is 61.3 Å². The fourth-order valence-corrected chi connectivity index (χ4v) is 6.09. The van der Waals surface area contributed by atoms with Gasteiger partial charge in [0.25, 0.3) is 0 Å². The van der Waals surface area contributed by atoms with Gasteiger partial charge in [0.1, 0.15) is 11.5 Å². The quantitative estimate of drug-likeness (QED) is 0.316. The molecule has 2 fully saturated rings. The number of nitrogens with zero attached hydrogens (tertiary/aromatic N) is 5. The first-order chi connectivity index (χ1) is 19.0. The number of halogens is 4. The van der Waals surface area contributed by atoms with Crippen LogP contribution < -0.4 is 9.80 Å². The molecule has 6 rings (SSSR count). The van der Waals surface area contributed by atoms with Crippen molar-refractivity contribution in [1.82, 2.24) is 14.7 Å². The van der Waals surface area contributed by atoms with E-state index < -0.39 is 11.7 Å². The number of carbonyl (C=O) groups excluding carboxylic acids is 1. The Morgan fingerprint density at radius 2 is 1.77 bits per heavy atom. The van der Waals surface area contributed by atoms with E-state index in [2.05, 4.69) is 6.92 Å². The van der Waals surface area contributed by atoms with E-state index in [0.29, 0.717) is 56.1 Å². The van der Waals surface area contributed by atoms with Gasteiger partial charge in [0.05, 0.1) is 30.0 Å². The summed E-state index contributed by atoms with van der Waals surface area (Å²) in [4.78, 5) is 19.2. The molecule has 3 aliphatic rings. The number of benzene rings is 2. The van der Waals surface area contributed by atoms with Crippen LogP contribution in [-0.4, -0.2) is 39.8 Å². The lowest BCUT2D eigenvalue weighted by Gasteiger charge is -2.43. The first kappa shape index (κ1) is 26.7. The summed E-state index contributed by atoms with van der Waals surface area (Å²) in [6.07, 6.45) is 0.742. The molecule has 3 heterocycles. The lowest BCUT2D eigenvalue weighted by molar-refractivity contribution is -0.138. The smallest absolute Gasteiger partial charge is 0.369 e. The Labute approximate surface area is 231 Å². The standard InChI is InChI=1S/C30H33F4N5O/c1-20-6-5-9-24(31)27(20)36-14-10-22(11-15-36)38-17-25-26(18-37(35-25)19-29(2)12-13-29)39(28(38)40)16-21-7-3-4-8-23(21)30(32,33)34/h3-9,18,22H,10-17,19H2,1-2H3. The van der Waals surface area contributed by atoms with Crippen LogP contribution in [0.5, 0.6) is 0 Å². The number of rotatable bonds is 6. The highest BCUT2D eigenvalue weighted by Gasteiger charge is 2.42. The Balaban J connectivity index is 1.28. The molecular weight excluding hydrogens is 522 g/mol. The molecule has 1 saturated heterocycles. The maximum Gasteiger partial charge on any atom is 0.416 e. The van der Waals surface area contributed by atoms with Crippen molar-refractivity contribution < 1.29 is 22.4 Å². The largest absolute Gasteiger partial charge is 0.416 e. The third-order valence-corrected chi connectivity index (χ3v) is 8.61. The van der Waals surface area contributed by atoms with Crippen LogP contribution in [0.1, 0.15) is 55.0 Å². The Morgan fingerprint density at radius 3 is 2.45 bits per heavy atom. The topological polar surface area (TPSA) is 44.6 Å².